The lowest BCUT2D eigenvalue weighted by Gasteiger charge is -2.06. The Balaban J connectivity index is 2.01. The fraction of sp³-hybridized carbons (Fsp3) is 0.429. The van der Waals surface area contributed by atoms with E-state index in [2.05, 4.69) is 14.8 Å². The first-order valence-corrected chi connectivity index (χ1v) is 9.62. The molecule has 23 heavy (non-hydrogen) atoms. The van der Waals surface area contributed by atoms with Crippen LogP contribution < -0.4 is 4.72 Å². The first-order chi connectivity index (χ1) is 10.9. The van der Waals surface area contributed by atoms with Crippen LogP contribution >= 0.6 is 11.3 Å². The normalized spacial score (nSPS) is 12.5. The van der Waals surface area contributed by atoms with Gasteiger partial charge >= 0.3 is 0 Å². The van der Waals surface area contributed by atoms with Crippen LogP contribution in [0.1, 0.15) is 43.2 Å². The first-order valence-electron chi connectivity index (χ1n) is 7.32. The van der Waals surface area contributed by atoms with Crippen LogP contribution in [0, 0.1) is 0 Å². The molecule has 1 N–H and O–H groups in total. The molecule has 3 rings (SSSR count). The number of fused-ring (bicyclic) bond motifs is 1. The molecule has 0 unspecified atom stereocenters. The number of imidazole rings is 1. The second-order valence-corrected chi connectivity index (χ2v) is 8.08. The Hall–Kier alpha value is -1.71. The highest BCUT2D eigenvalue weighted by Gasteiger charge is 2.27. The fourth-order valence-corrected chi connectivity index (χ4v) is 4.47. The highest BCUT2D eigenvalue weighted by atomic mass is 32.2. The van der Waals surface area contributed by atoms with Crippen LogP contribution in [-0.4, -0.2) is 23.0 Å². The standard InChI is InChI=1S/C14H18N4O3S2/c1-4-11-13(18-14(16-11)22-12(17-18)9(2)3)23(19,20)15-8-10-6-5-7-21-10/h5-7,9,15H,4,8H2,1-3H3. The highest BCUT2D eigenvalue weighted by molar-refractivity contribution is 7.89. The van der Waals surface area contributed by atoms with E-state index < -0.39 is 10.0 Å². The smallest absolute Gasteiger partial charge is 0.260 e. The van der Waals surface area contributed by atoms with Crippen molar-refractivity contribution in [2.75, 3.05) is 0 Å². The van der Waals surface area contributed by atoms with Gasteiger partial charge in [0.25, 0.3) is 10.0 Å². The third-order valence-corrected chi connectivity index (χ3v) is 6.00. The number of nitrogens with one attached hydrogen (secondary N) is 1. The largest absolute Gasteiger partial charge is 0.468 e. The van der Waals surface area contributed by atoms with Crippen molar-refractivity contribution in [2.45, 2.75) is 44.7 Å². The van der Waals surface area contributed by atoms with Gasteiger partial charge in [-0.2, -0.15) is 9.61 Å². The third-order valence-electron chi connectivity index (χ3n) is 3.35. The molecule has 124 valence electrons. The summed E-state index contributed by atoms with van der Waals surface area (Å²) in [7, 11) is -3.74. The SMILES string of the molecule is CCc1nc2sc(C(C)C)nn2c1S(=O)(=O)NCc1ccco1. The zero-order valence-electron chi connectivity index (χ0n) is 13.1. The van der Waals surface area contributed by atoms with Crippen molar-refractivity contribution in [1.82, 2.24) is 19.3 Å². The Bertz CT molecular complexity index is 908. The molecule has 0 fully saturated rings. The van der Waals surface area contributed by atoms with E-state index in [0.717, 1.165) is 5.01 Å². The van der Waals surface area contributed by atoms with Crippen molar-refractivity contribution in [3.63, 3.8) is 0 Å². The van der Waals surface area contributed by atoms with Gasteiger partial charge in [-0.25, -0.2) is 18.1 Å². The minimum Gasteiger partial charge on any atom is -0.468 e. The maximum absolute atomic E-state index is 12.7. The molecule has 3 aromatic heterocycles. The van der Waals surface area contributed by atoms with Gasteiger partial charge in [-0.15, -0.1) is 0 Å². The van der Waals surface area contributed by atoms with E-state index in [4.69, 9.17) is 4.42 Å². The molecule has 0 radical (unpaired) electrons. The summed E-state index contributed by atoms with van der Waals surface area (Å²) in [5.74, 6) is 0.770. The van der Waals surface area contributed by atoms with Gasteiger partial charge in [0.2, 0.25) is 4.96 Å². The summed E-state index contributed by atoms with van der Waals surface area (Å²) >= 11 is 1.42. The molecule has 0 aliphatic heterocycles. The molecule has 3 heterocycles. The van der Waals surface area contributed by atoms with Crippen molar-refractivity contribution < 1.29 is 12.8 Å². The number of aryl methyl sites for hydroxylation is 1. The van der Waals surface area contributed by atoms with Crippen LogP contribution in [0.25, 0.3) is 4.96 Å². The molecule has 0 atom stereocenters. The van der Waals surface area contributed by atoms with E-state index >= 15 is 0 Å². The topological polar surface area (TPSA) is 89.5 Å². The third kappa shape index (κ3) is 3.04. The molecule has 0 bridgehead atoms. The molecular formula is C14H18N4O3S2. The Morgan fingerprint density at radius 2 is 2.22 bits per heavy atom. The maximum atomic E-state index is 12.7. The van der Waals surface area contributed by atoms with Crippen LogP contribution in [0.2, 0.25) is 0 Å². The molecule has 9 heteroatoms. The lowest BCUT2D eigenvalue weighted by atomic mass is 10.2. The van der Waals surface area contributed by atoms with Gasteiger partial charge in [0.05, 0.1) is 18.5 Å². The predicted molar refractivity (Wildman–Crippen MR) is 87.1 cm³/mol. The van der Waals surface area contributed by atoms with Gasteiger partial charge in [0.15, 0.2) is 5.03 Å². The van der Waals surface area contributed by atoms with E-state index in [1.54, 1.807) is 12.1 Å². The van der Waals surface area contributed by atoms with E-state index in [0.29, 0.717) is 22.8 Å². The summed E-state index contributed by atoms with van der Waals surface area (Å²) < 4.78 is 34.6. The Labute approximate surface area is 138 Å². The van der Waals surface area contributed by atoms with E-state index in [9.17, 15) is 8.42 Å². The number of rotatable bonds is 6. The number of hydrogen-bond acceptors (Lipinski definition) is 6. The van der Waals surface area contributed by atoms with Crippen LogP contribution in [-0.2, 0) is 23.0 Å². The van der Waals surface area contributed by atoms with Crippen molar-refractivity contribution in [1.29, 1.82) is 0 Å². The Morgan fingerprint density at radius 3 is 2.83 bits per heavy atom. The summed E-state index contributed by atoms with van der Waals surface area (Å²) in [4.78, 5) is 5.02. The average molecular weight is 354 g/mol. The average Bonchev–Trinajstić information content (AvgIpc) is 3.19. The molecule has 0 aliphatic rings. The number of sulfonamides is 1. The number of aromatic nitrogens is 3. The molecule has 0 saturated heterocycles. The maximum Gasteiger partial charge on any atom is 0.260 e. The van der Waals surface area contributed by atoms with E-state index in [1.165, 1.54) is 22.1 Å². The van der Waals surface area contributed by atoms with Gasteiger partial charge in [-0.1, -0.05) is 32.1 Å². The van der Waals surface area contributed by atoms with Crippen LogP contribution in [0.15, 0.2) is 27.8 Å². The molecular weight excluding hydrogens is 336 g/mol. The Morgan fingerprint density at radius 1 is 1.43 bits per heavy atom. The van der Waals surface area contributed by atoms with Crippen molar-refractivity contribution in [2.24, 2.45) is 0 Å². The van der Waals surface area contributed by atoms with Gasteiger partial charge in [0.1, 0.15) is 10.8 Å². The van der Waals surface area contributed by atoms with Gasteiger partial charge in [-0.05, 0) is 18.6 Å². The summed E-state index contributed by atoms with van der Waals surface area (Å²) in [6, 6.07) is 3.43. The van der Waals surface area contributed by atoms with Gasteiger partial charge in [-0.3, -0.25) is 0 Å². The van der Waals surface area contributed by atoms with Crippen molar-refractivity contribution >= 4 is 26.3 Å². The fourth-order valence-electron chi connectivity index (χ4n) is 2.17. The summed E-state index contributed by atoms with van der Waals surface area (Å²) in [5, 5.41) is 5.40. The lowest BCUT2D eigenvalue weighted by molar-refractivity contribution is 0.497. The van der Waals surface area contributed by atoms with Crippen molar-refractivity contribution in [3.8, 4) is 0 Å². The monoisotopic (exact) mass is 354 g/mol. The quantitative estimate of drug-likeness (QED) is 0.735. The zero-order valence-corrected chi connectivity index (χ0v) is 14.7. The van der Waals surface area contributed by atoms with Crippen molar-refractivity contribution in [3.05, 3.63) is 34.9 Å². The van der Waals surface area contributed by atoms with E-state index in [-0.39, 0.29) is 17.5 Å². The molecule has 0 aliphatic carbocycles. The minimum atomic E-state index is -3.74. The molecule has 7 nitrogen and oxygen atoms in total. The molecule has 0 spiro atoms. The van der Waals surface area contributed by atoms with Crippen LogP contribution in [0.3, 0.4) is 0 Å². The van der Waals surface area contributed by atoms with Crippen LogP contribution in [0.5, 0.6) is 0 Å². The zero-order chi connectivity index (χ0) is 16.6. The van der Waals surface area contributed by atoms with Crippen LogP contribution in [0.4, 0.5) is 0 Å². The molecule has 0 saturated carbocycles. The number of furan rings is 1. The molecule has 0 amide bonds. The summed E-state index contributed by atoms with van der Waals surface area (Å²) in [6.07, 6.45) is 2.03. The number of nitrogens with zero attached hydrogens (tertiary/aromatic N) is 3. The highest BCUT2D eigenvalue weighted by Crippen LogP contribution is 2.26. The molecule has 0 aromatic carbocycles. The predicted octanol–water partition coefficient (Wildman–Crippen LogP) is 2.55. The second kappa shape index (κ2) is 6.06. The number of hydrogen-bond donors (Lipinski definition) is 1. The first kappa shape index (κ1) is 16.2. The minimum absolute atomic E-state index is 0.0902. The summed E-state index contributed by atoms with van der Waals surface area (Å²) in [6.45, 7) is 6.00. The van der Waals surface area contributed by atoms with E-state index in [1.807, 2.05) is 20.8 Å². The lowest BCUT2D eigenvalue weighted by Crippen LogP contribution is -2.25. The van der Waals surface area contributed by atoms with Gasteiger partial charge < -0.3 is 4.42 Å². The summed E-state index contributed by atoms with van der Waals surface area (Å²) in [5.41, 5.74) is 0.519. The molecule has 3 aromatic rings. The Kier molecular flexibility index (Phi) is 4.26. The van der Waals surface area contributed by atoms with Gasteiger partial charge in [0, 0.05) is 5.92 Å². The second-order valence-electron chi connectivity index (χ2n) is 5.41.